The van der Waals surface area contributed by atoms with Gasteiger partial charge in [-0.15, -0.1) is 34.0 Å². The number of phenolic OH excluding ortho intramolecular Hbond substituents is 1. The van der Waals surface area contributed by atoms with E-state index in [1.807, 2.05) is 117 Å². The first-order valence-corrected chi connectivity index (χ1v) is 35.4. The lowest BCUT2D eigenvalue weighted by Crippen LogP contribution is -2.25. The molecule has 0 bridgehead atoms. The Hall–Kier alpha value is -12.6. The number of nitrogens with two attached hydrogens (primary N) is 1. The topological polar surface area (TPSA) is 347 Å². The van der Waals surface area contributed by atoms with Gasteiger partial charge >= 0.3 is 42.2 Å². The average Bonchev–Trinajstić information content (AvgIpc) is 1.63. The highest BCUT2D eigenvalue weighted by Crippen LogP contribution is 2.42. The Kier molecular flexibility index (Phi) is 23.7. The van der Waals surface area contributed by atoms with Crippen LogP contribution in [0.1, 0.15) is 132 Å². The van der Waals surface area contributed by atoms with E-state index in [0.717, 1.165) is 38.5 Å². The Bertz CT molecular complexity index is 5720. The molecule has 9 aromatic heterocycles. The second-order valence-corrected chi connectivity index (χ2v) is 29.2. The van der Waals surface area contributed by atoms with Crippen molar-refractivity contribution in [2.45, 2.75) is 86.0 Å². The van der Waals surface area contributed by atoms with E-state index in [4.69, 9.17) is 53.0 Å². The molecule has 0 saturated carbocycles. The van der Waals surface area contributed by atoms with Crippen molar-refractivity contribution in [1.29, 1.82) is 0 Å². The lowest BCUT2D eigenvalue weighted by Gasteiger charge is -2.20. The number of hydrogen-bond acceptors (Lipinski definition) is 23. The van der Waals surface area contributed by atoms with Gasteiger partial charge in [-0.05, 0) is 135 Å². The fourth-order valence-corrected chi connectivity index (χ4v) is 13.0. The Balaban J connectivity index is 0.000000152. The van der Waals surface area contributed by atoms with E-state index >= 15 is 0 Å². The van der Waals surface area contributed by atoms with Crippen LogP contribution in [0.4, 0.5) is 15.0 Å². The highest BCUT2D eigenvalue weighted by atomic mass is 32.1. The number of nitrogen functional groups attached to an aromatic ring is 1. The zero-order chi connectivity index (χ0) is 76.6. The molecule has 0 saturated heterocycles. The molecule has 0 radical (unpaired) electrons. The first kappa shape index (κ1) is 78.0. The van der Waals surface area contributed by atoms with Gasteiger partial charge in [0.15, 0.2) is 34.0 Å². The number of ketones is 1. The number of ether oxygens (including phenoxy) is 3. The molecule has 552 valence electrons. The number of nitrogens with zero attached hydrogens (tertiary/aromatic N) is 3. The predicted molar refractivity (Wildman–Crippen MR) is 420 cm³/mol. The number of furan rings is 4. The Labute approximate surface area is 634 Å². The summed E-state index contributed by atoms with van der Waals surface area (Å²) in [5.74, 6) is -2.29. The van der Waals surface area contributed by atoms with Crippen LogP contribution >= 0.6 is 47.5 Å². The SMILES string of the molecule is CC(=O)c1cc2cccc(O)c2o1.CC(C)(C)OC(=O)c1c(-c2cc3ccccc3o2)csc1N.CC(C)(C)OC(=O)c1c(-c2cc3ccccc3o2)csc1NC(=O)c1nc2ccccc2o1.O=C(Nc1scc(-c2cc3ccccc3o2)c1C(=O)O)c1nc2ccccc2o1.S.[C-]#[N+]CC(=O)OC(C)(C)C. The number of amides is 2. The van der Waals surface area contributed by atoms with Crippen molar-refractivity contribution in [2.24, 2.45) is 0 Å². The van der Waals surface area contributed by atoms with Gasteiger partial charge in [0.25, 0.3) is 11.8 Å². The summed E-state index contributed by atoms with van der Waals surface area (Å²) in [5, 5.41) is 34.1. The van der Waals surface area contributed by atoms with Gasteiger partial charge in [0.05, 0.1) is 0 Å². The van der Waals surface area contributed by atoms with Gasteiger partial charge in [0.1, 0.15) is 93.6 Å². The highest BCUT2D eigenvalue weighted by Gasteiger charge is 2.31. The number of thiophene rings is 3. The molecule has 0 aliphatic heterocycles. The second-order valence-electron chi connectivity index (χ2n) is 26.5. The summed E-state index contributed by atoms with van der Waals surface area (Å²) in [7, 11) is 0. The average molecular weight is 1530 g/mol. The lowest BCUT2D eigenvalue weighted by atomic mass is 10.1. The normalized spacial score (nSPS) is 11.2. The third-order valence-electron chi connectivity index (χ3n) is 14.8. The van der Waals surface area contributed by atoms with Crippen LogP contribution in [0.25, 0.3) is 105 Å². The minimum atomic E-state index is -1.17. The van der Waals surface area contributed by atoms with Crippen LogP contribution < -0.4 is 16.4 Å². The van der Waals surface area contributed by atoms with Crippen LogP contribution in [-0.2, 0) is 19.0 Å². The number of aromatic hydroxyl groups is 1. The number of hydrogen-bond donors (Lipinski definition) is 5. The molecule has 6 aromatic carbocycles. The Morgan fingerprint density at radius 3 is 1.29 bits per heavy atom. The summed E-state index contributed by atoms with van der Waals surface area (Å²) in [5.41, 5.74) is 11.0. The minimum absolute atomic E-state index is 0. The maximum Gasteiger partial charge on any atom is 0.387 e. The van der Waals surface area contributed by atoms with Crippen molar-refractivity contribution in [1.82, 2.24) is 9.97 Å². The molecular formula is C80H70N6O18S4. The number of esters is 3. The van der Waals surface area contributed by atoms with Gasteiger partial charge in [0, 0.05) is 61.3 Å². The second kappa shape index (κ2) is 32.9. The molecule has 0 aliphatic rings. The Morgan fingerprint density at radius 1 is 0.491 bits per heavy atom. The summed E-state index contributed by atoms with van der Waals surface area (Å²) >= 11 is 3.61. The number of carbonyl (C=O) groups is 7. The molecule has 0 aliphatic carbocycles. The van der Waals surface area contributed by atoms with Crippen LogP contribution in [0.15, 0.2) is 206 Å². The zero-order valence-corrected chi connectivity index (χ0v) is 63.0. The van der Waals surface area contributed by atoms with Gasteiger partial charge in [-0.3, -0.25) is 14.4 Å². The maximum atomic E-state index is 13.2. The number of fused-ring (bicyclic) bond motifs is 6. The van der Waals surface area contributed by atoms with E-state index in [-0.39, 0.29) is 65.2 Å². The number of oxazole rings is 2. The van der Waals surface area contributed by atoms with Gasteiger partial charge in [-0.1, -0.05) is 91.0 Å². The molecular weight excluding hydrogens is 1460 g/mol. The van der Waals surface area contributed by atoms with Gasteiger partial charge in [-0.2, -0.15) is 13.5 Å². The number of rotatable bonds is 12. The van der Waals surface area contributed by atoms with E-state index in [9.17, 15) is 43.8 Å². The van der Waals surface area contributed by atoms with Gasteiger partial charge in [-0.25, -0.2) is 35.7 Å². The predicted octanol–water partition coefficient (Wildman–Crippen LogP) is 20.2. The van der Waals surface area contributed by atoms with Crippen LogP contribution in [-0.4, -0.2) is 85.0 Å². The number of anilines is 3. The van der Waals surface area contributed by atoms with E-state index in [1.54, 1.807) is 119 Å². The standard InChI is InChI=1S/C25H20N2O5S.C21H12N2O5S.C17H17NO3S.C10H8O3.C7H11NO2.H2S/c1-25(2,3)32-24(29)20-15(19-12-14-8-4-6-10-17(14)30-19)13-33-23(20)27-21(28)22-26-16-9-5-7-11-18(16)31-22;24-18(19-22-13-6-2-4-8-15(13)28-19)23-20-17(21(25)26)12(10-29-20)16-9-11-5-1-3-7-14(11)27-16;1-17(2,3)21-16(19)14-11(9-22-15(14)18)13-8-10-6-4-5-7-12(10)20-13;1-6(11)9-5-7-3-2-4-8(12)10(7)13-9;1-7(2,3)10-6(9)5-8-4;/h4-13H,1-3H3,(H,27,28);1-10H,(H,23,24)(H,25,26);4-9H,18H2,1-3H3;2-5,12H,1H3;5H2,1-3H3;1H2. The van der Waals surface area contributed by atoms with Crippen LogP contribution in [0.2, 0.25) is 0 Å². The molecule has 15 aromatic rings. The van der Waals surface area contributed by atoms with Crippen LogP contribution in [0.3, 0.4) is 0 Å². The van der Waals surface area contributed by atoms with Crippen molar-refractivity contribution >= 4 is 170 Å². The quantitative estimate of drug-likeness (QED) is 0.0328. The highest BCUT2D eigenvalue weighted by molar-refractivity contribution is 7.59. The number of Topliss-reactive ketones (excluding diaryl/α,β-unsaturated/α-hetero) is 1. The van der Waals surface area contributed by atoms with E-state index < -0.39 is 52.5 Å². The Morgan fingerprint density at radius 2 is 0.880 bits per heavy atom. The van der Waals surface area contributed by atoms with Gasteiger partial charge in [0.2, 0.25) is 0 Å². The molecule has 0 spiro atoms. The number of aromatic carboxylic acids is 1. The number of phenols is 1. The number of nitrogens with one attached hydrogen (secondary N) is 2. The minimum Gasteiger partial charge on any atom is -0.504 e. The number of aromatic nitrogens is 2. The number of benzene rings is 6. The molecule has 15 rings (SSSR count). The molecule has 24 nitrogen and oxygen atoms in total. The number of carboxylic acids is 1. The monoisotopic (exact) mass is 1530 g/mol. The summed E-state index contributed by atoms with van der Waals surface area (Å²) in [6.07, 6.45) is 0. The van der Waals surface area contributed by atoms with E-state index in [0.29, 0.717) is 88.5 Å². The van der Waals surface area contributed by atoms with E-state index in [1.165, 1.54) is 35.7 Å². The number of carbonyl (C=O) groups excluding carboxylic acids is 6. The first-order valence-electron chi connectivity index (χ1n) is 32.8. The largest absolute Gasteiger partial charge is 0.504 e. The summed E-state index contributed by atoms with van der Waals surface area (Å²) in [6.45, 7) is 23.8. The smallest absolute Gasteiger partial charge is 0.387 e. The third-order valence-corrected chi connectivity index (χ3v) is 17.4. The van der Waals surface area contributed by atoms with Crippen molar-refractivity contribution < 1.29 is 84.5 Å². The van der Waals surface area contributed by atoms with Gasteiger partial charge < -0.3 is 72.1 Å². The van der Waals surface area contributed by atoms with Crippen molar-refractivity contribution in [3.8, 4) is 39.7 Å². The van der Waals surface area contributed by atoms with Crippen LogP contribution in [0.5, 0.6) is 5.75 Å². The molecule has 28 heteroatoms. The summed E-state index contributed by atoms with van der Waals surface area (Å²) < 4.78 is 49.7. The molecule has 6 N–H and O–H groups in total. The molecule has 0 unspecified atom stereocenters. The molecule has 9 heterocycles. The molecule has 0 atom stereocenters. The molecule has 0 fully saturated rings. The fraction of sp³-hybridized carbons (Fsp3) is 0.175. The maximum absolute atomic E-state index is 13.2. The van der Waals surface area contributed by atoms with Crippen molar-refractivity contribution in [3.05, 3.63) is 226 Å². The van der Waals surface area contributed by atoms with Crippen LogP contribution in [0, 0.1) is 6.57 Å². The summed E-state index contributed by atoms with van der Waals surface area (Å²) in [6, 6.07) is 48.9. The zero-order valence-electron chi connectivity index (χ0n) is 59.6. The fourth-order valence-electron chi connectivity index (χ4n) is 10.4. The lowest BCUT2D eigenvalue weighted by molar-refractivity contribution is -0.152. The number of para-hydroxylation sites is 8. The molecule has 108 heavy (non-hydrogen) atoms. The van der Waals surface area contributed by atoms with E-state index in [2.05, 4.69) is 25.4 Å². The van der Waals surface area contributed by atoms with Crippen molar-refractivity contribution in [2.75, 3.05) is 22.9 Å². The third kappa shape index (κ3) is 18.9. The molecule has 2 amide bonds. The first-order chi connectivity index (χ1) is 50.9. The summed E-state index contributed by atoms with van der Waals surface area (Å²) in [4.78, 5) is 95.8. The van der Waals surface area contributed by atoms with Crippen molar-refractivity contribution in [3.63, 3.8) is 0 Å². The number of carboxylic acid groups (broad SMARTS) is 1.